The quantitative estimate of drug-likeness (QED) is 0.101. The second-order valence-corrected chi connectivity index (χ2v) is 12.2. The molecule has 254 valence electrons. The molecular weight excluding hydrogens is 616 g/mol. The number of quaternary nitrogens is 1. The molecular formula is C32H48ClN6O7+. The Labute approximate surface area is 275 Å². The molecule has 1 heterocycles. The van der Waals surface area contributed by atoms with E-state index in [9.17, 15) is 15.0 Å². The highest BCUT2D eigenvalue weighted by molar-refractivity contribution is 6.31. The number of rotatable bonds is 20. The Hall–Kier alpha value is -3.46. The average molecular weight is 664 g/mol. The molecule has 13 nitrogen and oxygen atoms in total. The van der Waals surface area contributed by atoms with E-state index in [2.05, 4.69) is 28.4 Å². The third-order valence-electron chi connectivity index (χ3n) is 7.88. The monoisotopic (exact) mass is 663 g/mol. The fraction of sp³-hybridized carbons (Fsp3) is 0.531. The van der Waals surface area contributed by atoms with Crippen molar-refractivity contribution >= 4 is 29.1 Å². The Balaban J connectivity index is 1.54. The van der Waals surface area contributed by atoms with E-state index < -0.39 is 18.1 Å². The van der Waals surface area contributed by atoms with E-state index in [-0.39, 0.29) is 48.9 Å². The molecule has 14 heteroatoms. The third-order valence-corrected chi connectivity index (χ3v) is 8.16. The lowest BCUT2D eigenvalue weighted by Gasteiger charge is -2.35. The number of carbonyl (C=O) groups is 1. The number of hydrogen-bond donors (Lipinski definition) is 7. The van der Waals surface area contributed by atoms with Crippen LogP contribution >= 0.6 is 11.6 Å². The molecule has 1 aromatic heterocycles. The molecule has 2 aromatic rings. The number of allylic oxidation sites excluding steroid dienone is 3. The van der Waals surface area contributed by atoms with Crippen LogP contribution in [0.1, 0.15) is 41.7 Å². The first-order valence-corrected chi connectivity index (χ1v) is 15.9. The van der Waals surface area contributed by atoms with Gasteiger partial charge in [-0.3, -0.25) is 4.79 Å². The molecule has 0 aliphatic heterocycles. The minimum Gasteiger partial charge on any atom is -0.491 e. The van der Waals surface area contributed by atoms with Gasteiger partial charge >= 0.3 is 0 Å². The van der Waals surface area contributed by atoms with Crippen LogP contribution in [0, 0.1) is 5.92 Å². The topological polar surface area (TPSA) is 206 Å². The lowest BCUT2D eigenvalue weighted by molar-refractivity contribution is -0.908. The van der Waals surface area contributed by atoms with Crippen molar-refractivity contribution in [3.63, 3.8) is 0 Å². The Kier molecular flexibility index (Phi) is 15.0. The summed E-state index contributed by atoms with van der Waals surface area (Å²) in [6.07, 6.45) is 8.85. The number of benzene rings is 1. The van der Waals surface area contributed by atoms with Crippen molar-refractivity contribution in [3.8, 4) is 5.75 Å². The largest absolute Gasteiger partial charge is 0.491 e. The number of hydrogen-bond acceptors (Lipinski definition) is 11. The number of likely N-dealkylation sites (N-methyl/N-ethyl adjacent to an activating group) is 1. The molecule has 1 aromatic carbocycles. The second-order valence-electron chi connectivity index (χ2n) is 11.8. The number of anilines is 2. The number of carbonyl (C=O) groups excluding carboxylic acids is 1. The number of halogens is 1. The van der Waals surface area contributed by atoms with E-state index >= 15 is 0 Å². The Bertz CT molecular complexity index is 1310. The molecule has 0 saturated heterocycles. The van der Waals surface area contributed by atoms with Crippen molar-refractivity contribution in [2.24, 2.45) is 5.92 Å². The van der Waals surface area contributed by atoms with Gasteiger partial charge in [-0.1, -0.05) is 29.8 Å². The zero-order valence-electron chi connectivity index (χ0n) is 26.4. The van der Waals surface area contributed by atoms with Gasteiger partial charge in [-0.15, -0.1) is 0 Å². The fourth-order valence-electron chi connectivity index (χ4n) is 5.08. The number of aromatic nitrogens is 2. The summed E-state index contributed by atoms with van der Waals surface area (Å²) >= 11 is 5.95. The highest BCUT2D eigenvalue weighted by atomic mass is 35.5. The number of nitrogens with one attached hydrogen (secondary N) is 1. The van der Waals surface area contributed by atoms with Gasteiger partial charge in [0.05, 0.1) is 46.4 Å². The zero-order chi connectivity index (χ0) is 33.5. The van der Waals surface area contributed by atoms with Crippen LogP contribution in [-0.2, 0) is 11.2 Å². The van der Waals surface area contributed by atoms with Crippen LogP contribution in [0.15, 0.2) is 48.3 Å². The molecule has 0 saturated carbocycles. The highest BCUT2D eigenvalue weighted by Gasteiger charge is 2.23. The summed E-state index contributed by atoms with van der Waals surface area (Å²) in [5.41, 5.74) is 12.6. The van der Waals surface area contributed by atoms with E-state index in [4.69, 9.17) is 42.8 Å². The van der Waals surface area contributed by atoms with E-state index in [1.807, 2.05) is 36.4 Å². The first-order valence-electron chi connectivity index (χ1n) is 15.5. The van der Waals surface area contributed by atoms with Crippen LogP contribution < -0.4 is 21.5 Å². The van der Waals surface area contributed by atoms with Crippen molar-refractivity contribution in [2.45, 2.75) is 44.3 Å². The molecule has 9 N–H and O–H groups in total. The number of nitrogen functional groups attached to an aromatic ring is 2. The Morgan fingerprint density at radius 1 is 1.02 bits per heavy atom. The zero-order valence-corrected chi connectivity index (χ0v) is 27.1. The summed E-state index contributed by atoms with van der Waals surface area (Å²) in [7, 11) is 2.19. The van der Waals surface area contributed by atoms with Gasteiger partial charge in [-0.2, -0.15) is 0 Å². The summed E-state index contributed by atoms with van der Waals surface area (Å²) < 4.78 is 11.8. The summed E-state index contributed by atoms with van der Waals surface area (Å²) in [5, 5.41) is 39.7. The van der Waals surface area contributed by atoms with Crippen LogP contribution in [-0.4, -0.2) is 113 Å². The van der Waals surface area contributed by atoms with Gasteiger partial charge in [0, 0.05) is 6.42 Å². The Morgan fingerprint density at radius 3 is 2.35 bits per heavy atom. The number of nitrogens with zero attached hydrogens (tertiary/aromatic N) is 3. The lowest BCUT2D eigenvalue weighted by atomic mass is 9.94. The van der Waals surface area contributed by atoms with Crippen molar-refractivity contribution in [3.05, 3.63) is 64.7 Å². The van der Waals surface area contributed by atoms with E-state index in [0.29, 0.717) is 30.5 Å². The number of aryl methyl sites for hydroxylation is 1. The van der Waals surface area contributed by atoms with Gasteiger partial charge in [0.1, 0.15) is 36.9 Å². The predicted octanol–water partition coefficient (Wildman–Crippen LogP) is 1.45. The summed E-state index contributed by atoms with van der Waals surface area (Å²) in [6.45, 7) is 2.29. The van der Waals surface area contributed by atoms with Crippen LogP contribution in [0.5, 0.6) is 5.75 Å². The molecule has 0 fully saturated rings. The molecule has 0 radical (unpaired) electrons. The Morgan fingerprint density at radius 2 is 1.70 bits per heavy atom. The minimum absolute atomic E-state index is 0.0311. The number of amides is 1. The maximum Gasteiger partial charge on any atom is 0.273 e. The van der Waals surface area contributed by atoms with Crippen LogP contribution in [0.4, 0.5) is 11.6 Å². The third kappa shape index (κ3) is 12.4. The van der Waals surface area contributed by atoms with Gasteiger partial charge in [0.2, 0.25) is 0 Å². The van der Waals surface area contributed by atoms with Gasteiger partial charge in [-0.05, 0) is 61.4 Å². The minimum atomic E-state index is -0.913. The number of aliphatic hydroxyl groups excluding tert-OH is 4. The molecule has 46 heavy (non-hydrogen) atoms. The lowest BCUT2D eigenvalue weighted by Crippen LogP contribution is -2.50. The van der Waals surface area contributed by atoms with E-state index in [1.54, 1.807) is 0 Å². The molecule has 4 unspecified atom stereocenters. The van der Waals surface area contributed by atoms with Gasteiger partial charge in [-0.25, -0.2) is 9.97 Å². The first-order chi connectivity index (χ1) is 22.0. The van der Waals surface area contributed by atoms with Gasteiger partial charge in [0.25, 0.3) is 5.91 Å². The highest BCUT2D eigenvalue weighted by Crippen LogP contribution is 2.23. The van der Waals surface area contributed by atoms with Crippen LogP contribution in [0.25, 0.3) is 0 Å². The van der Waals surface area contributed by atoms with Crippen molar-refractivity contribution in [1.82, 2.24) is 15.3 Å². The smallest absolute Gasteiger partial charge is 0.273 e. The molecule has 0 bridgehead atoms. The normalized spacial score (nSPS) is 17.1. The molecule has 3 rings (SSSR count). The van der Waals surface area contributed by atoms with Crippen molar-refractivity contribution < 1.29 is 39.2 Å². The van der Waals surface area contributed by atoms with Crippen molar-refractivity contribution in [1.29, 1.82) is 0 Å². The number of ether oxygens (including phenoxy) is 2. The standard InChI is InChI=1S/C32H47ClN6O7/c1-39(17-14-36-32(44)28-30(34)38-31(35)29(33)37-28,15-2-4-22-6-10-26(11-7-22)45-20-24(42)18-40)16-3-5-23-8-12-27(13-9-23)46-21-25(43)19-41/h6-8,10-13,23-25,40-43H,2-5,9,14-21H2,1H3,(H4-,34,35,36,38,44)/p+1. The average Bonchev–Trinajstić information content (AvgIpc) is 3.05. The van der Waals surface area contributed by atoms with Crippen molar-refractivity contribution in [2.75, 3.05) is 71.1 Å². The first kappa shape index (κ1) is 37.0. The molecule has 1 amide bonds. The van der Waals surface area contributed by atoms with E-state index in [1.165, 1.54) is 0 Å². The number of aliphatic hydroxyl groups is 4. The second kappa shape index (κ2) is 18.6. The maximum atomic E-state index is 12.8. The van der Waals surface area contributed by atoms with Gasteiger partial charge < -0.3 is 51.2 Å². The number of nitrogens with two attached hydrogens (primary N) is 2. The molecule has 1 aliphatic rings. The predicted molar refractivity (Wildman–Crippen MR) is 176 cm³/mol. The van der Waals surface area contributed by atoms with Gasteiger partial charge in [0.15, 0.2) is 22.5 Å². The van der Waals surface area contributed by atoms with E-state index in [0.717, 1.165) is 55.2 Å². The molecule has 0 spiro atoms. The summed E-state index contributed by atoms with van der Waals surface area (Å²) in [6, 6.07) is 7.72. The summed E-state index contributed by atoms with van der Waals surface area (Å²) in [5.74, 6) is 1.14. The van der Waals surface area contributed by atoms with Crippen LogP contribution in [0.2, 0.25) is 5.15 Å². The molecule has 1 aliphatic carbocycles. The van der Waals surface area contributed by atoms with Crippen LogP contribution in [0.3, 0.4) is 0 Å². The SMILES string of the molecule is C[N+](CCCc1ccc(OCC(O)CO)cc1)(CCCC1C=CC(OCC(O)CO)=CC1)CCNC(=O)c1nc(Cl)c(N)nc1N. The maximum absolute atomic E-state index is 12.8. The molecule has 4 atom stereocenters. The fourth-order valence-corrected chi connectivity index (χ4v) is 5.20. The summed E-state index contributed by atoms with van der Waals surface area (Å²) in [4.78, 5) is 20.7.